The second-order valence-electron chi connectivity index (χ2n) is 6.48. The van der Waals surface area contributed by atoms with Crippen LogP contribution in [0.5, 0.6) is 0 Å². The molecular formula is C20H21Cl2N3O2. The van der Waals surface area contributed by atoms with Crippen molar-refractivity contribution in [3.63, 3.8) is 0 Å². The number of carbonyl (C=O) groups excluding carboxylic acids is 2. The summed E-state index contributed by atoms with van der Waals surface area (Å²) < 4.78 is 0. The zero-order valence-electron chi connectivity index (χ0n) is 14.8. The molecule has 2 aromatic rings. The van der Waals surface area contributed by atoms with Crippen molar-refractivity contribution in [3.05, 3.63) is 69.7 Å². The van der Waals surface area contributed by atoms with Crippen molar-refractivity contribution in [2.24, 2.45) is 0 Å². The van der Waals surface area contributed by atoms with E-state index >= 15 is 0 Å². The maximum atomic E-state index is 12.5. The normalized spacial score (nSPS) is 14.8. The van der Waals surface area contributed by atoms with Gasteiger partial charge in [0, 0.05) is 48.3 Å². The first kappa shape index (κ1) is 19.7. The molecule has 1 fully saturated rings. The fourth-order valence-electron chi connectivity index (χ4n) is 2.95. The first-order chi connectivity index (χ1) is 13.0. The van der Waals surface area contributed by atoms with Gasteiger partial charge in [0.25, 0.3) is 5.91 Å². The van der Waals surface area contributed by atoms with Crippen molar-refractivity contribution in [1.82, 2.24) is 15.1 Å². The molecule has 1 aliphatic rings. The minimum Gasteiger partial charge on any atom is -0.351 e. The molecule has 0 bridgehead atoms. The summed E-state index contributed by atoms with van der Waals surface area (Å²) in [6.45, 7) is 3.36. The van der Waals surface area contributed by atoms with Crippen molar-refractivity contribution in [1.29, 1.82) is 0 Å². The van der Waals surface area contributed by atoms with E-state index in [9.17, 15) is 9.59 Å². The molecule has 1 saturated heterocycles. The zero-order chi connectivity index (χ0) is 19.2. The van der Waals surface area contributed by atoms with Crippen LogP contribution < -0.4 is 5.32 Å². The van der Waals surface area contributed by atoms with Crippen LogP contribution in [-0.4, -0.2) is 54.3 Å². The number of nitrogens with one attached hydrogen (secondary N) is 1. The summed E-state index contributed by atoms with van der Waals surface area (Å²) in [4.78, 5) is 28.5. The van der Waals surface area contributed by atoms with Crippen LogP contribution >= 0.6 is 23.2 Å². The minimum absolute atomic E-state index is 0.00138. The van der Waals surface area contributed by atoms with Gasteiger partial charge in [0.05, 0.1) is 6.54 Å². The topological polar surface area (TPSA) is 52.7 Å². The van der Waals surface area contributed by atoms with Gasteiger partial charge in [0.1, 0.15) is 0 Å². The van der Waals surface area contributed by atoms with E-state index in [1.54, 1.807) is 36.4 Å². The van der Waals surface area contributed by atoms with Crippen LogP contribution in [0, 0.1) is 0 Å². The van der Waals surface area contributed by atoms with Crippen molar-refractivity contribution in [3.8, 4) is 0 Å². The van der Waals surface area contributed by atoms with Crippen LogP contribution in [0.25, 0.3) is 0 Å². The smallest absolute Gasteiger partial charge is 0.253 e. The number of rotatable bonds is 5. The second kappa shape index (κ2) is 9.22. The number of amides is 2. The second-order valence-corrected chi connectivity index (χ2v) is 7.35. The first-order valence-electron chi connectivity index (χ1n) is 8.79. The zero-order valence-corrected chi connectivity index (χ0v) is 16.3. The molecule has 0 aromatic heterocycles. The van der Waals surface area contributed by atoms with Gasteiger partial charge < -0.3 is 10.2 Å². The van der Waals surface area contributed by atoms with Crippen LogP contribution in [-0.2, 0) is 11.3 Å². The summed E-state index contributed by atoms with van der Waals surface area (Å²) in [6.07, 6.45) is 0. The van der Waals surface area contributed by atoms with Gasteiger partial charge in [-0.25, -0.2) is 0 Å². The molecule has 0 saturated carbocycles. The third-order valence-corrected chi connectivity index (χ3v) is 5.02. The molecular weight excluding hydrogens is 385 g/mol. The standard InChI is InChI=1S/C20H21Cl2N3O2/c21-17-5-1-15(2-6-17)13-23-19(26)14-24-9-11-25(12-10-24)20(27)16-3-7-18(22)8-4-16/h1-8H,9-14H2,(H,23,26). The quantitative estimate of drug-likeness (QED) is 0.831. The molecule has 1 N–H and O–H groups in total. The Morgan fingerprint density at radius 2 is 1.41 bits per heavy atom. The summed E-state index contributed by atoms with van der Waals surface area (Å²) in [5, 5.41) is 4.20. The highest BCUT2D eigenvalue weighted by atomic mass is 35.5. The van der Waals surface area contributed by atoms with E-state index in [0.29, 0.717) is 54.9 Å². The summed E-state index contributed by atoms with van der Waals surface area (Å²) in [5.74, 6) is -0.0269. The number of halogens is 2. The van der Waals surface area contributed by atoms with Gasteiger partial charge in [-0.05, 0) is 42.0 Å². The molecule has 142 valence electrons. The molecule has 2 aromatic carbocycles. The van der Waals surface area contributed by atoms with E-state index in [-0.39, 0.29) is 11.8 Å². The third kappa shape index (κ3) is 5.70. The van der Waals surface area contributed by atoms with E-state index in [1.165, 1.54) is 0 Å². The molecule has 0 radical (unpaired) electrons. The molecule has 0 spiro atoms. The lowest BCUT2D eigenvalue weighted by Gasteiger charge is -2.34. The fraction of sp³-hybridized carbons (Fsp3) is 0.300. The molecule has 5 nitrogen and oxygen atoms in total. The highest BCUT2D eigenvalue weighted by molar-refractivity contribution is 6.30. The summed E-state index contributed by atoms with van der Waals surface area (Å²) in [7, 11) is 0. The van der Waals surface area contributed by atoms with Gasteiger partial charge in [-0.1, -0.05) is 35.3 Å². The lowest BCUT2D eigenvalue weighted by molar-refractivity contribution is -0.122. The molecule has 7 heteroatoms. The Morgan fingerprint density at radius 1 is 0.852 bits per heavy atom. The largest absolute Gasteiger partial charge is 0.351 e. The Bertz CT molecular complexity index is 786. The summed E-state index contributed by atoms with van der Waals surface area (Å²) >= 11 is 11.7. The molecule has 2 amide bonds. The van der Waals surface area contributed by atoms with Gasteiger partial charge in [0.15, 0.2) is 0 Å². The Labute approximate surface area is 168 Å². The fourth-order valence-corrected chi connectivity index (χ4v) is 3.20. The highest BCUT2D eigenvalue weighted by Crippen LogP contribution is 2.13. The lowest BCUT2D eigenvalue weighted by atomic mass is 10.2. The number of hydrogen-bond acceptors (Lipinski definition) is 3. The third-order valence-electron chi connectivity index (χ3n) is 4.52. The number of nitrogens with zero attached hydrogens (tertiary/aromatic N) is 2. The average molecular weight is 406 g/mol. The Hall–Kier alpha value is -2.08. The minimum atomic E-state index is -0.0255. The molecule has 0 aliphatic carbocycles. The molecule has 27 heavy (non-hydrogen) atoms. The molecule has 0 atom stereocenters. The average Bonchev–Trinajstić information content (AvgIpc) is 2.68. The van der Waals surface area contributed by atoms with Gasteiger partial charge in [0.2, 0.25) is 5.91 Å². The van der Waals surface area contributed by atoms with E-state index < -0.39 is 0 Å². The van der Waals surface area contributed by atoms with Crippen molar-refractivity contribution in [2.75, 3.05) is 32.7 Å². The number of piperazine rings is 1. The van der Waals surface area contributed by atoms with Crippen LogP contribution in [0.2, 0.25) is 10.0 Å². The maximum Gasteiger partial charge on any atom is 0.253 e. The van der Waals surface area contributed by atoms with E-state index in [0.717, 1.165) is 5.56 Å². The Balaban J connectivity index is 1.42. The van der Waals surface area contributed by atoms with Crippen molar-refractivity contribution >= 4 is 35.0 Å². The molecule has 3 rings (SSSR count). The predicted molar refractivity (Wildman–Crippen MR) is 107 cm³/mol. The van der Waals surface area contributed by atoms with E-state index in [1.807, 2.05) is 17.0 Å². The first-order valence-corrected chi connectivity index (χ1v) is 9.55. The summed E-state index contributed by atoms with van der Waals surface area (Å²) in [5.41, 5.74) is 1.64. The number of hydrogen-bond donors (Lipinski definition) is 1. The molecule has 1 heterocycles. The van der Waals surface area contributed by atoms with E-state index in [4.69, 9.17) is 23.2 Å². The maximum absolute atomic E-state index is 12.5. The van der Waals surface area contributed by atoms with Crippen molar-refractivity contribution in [2.45, 2.75) is 6.54 Å². The van der Waals surface area contributed by atoms with Gasteiger partial charge in [-0.3, -0.25) is 14.5 Å². The Morgan fingerprint density at radius 3 is 2.00 bits per heavy atom. The lowest BCUT2D eigenvalue weighted by Crippen LogP contribution is -2.51. The van der Waals surface area contributed by atoms with Crippen molar-refractivity contribution < 1.29 is 9.59 Å². The van der Waals surface area contributed by atoms with E-state index in [2.05, 4.69) is 10.2 Å². The molecule has 1 aliphatic heterocycles. The number of carbonyl (C=O) groups is 2. The van der Waals surface area contributed by atoms with Crippen LogP contribution in [0.15, 0.2) is 48.5 Å². The van der Waals surface area contributed by atoms with Gasteiger partial charge in [-0.15, -0.1) is 0 Å². The predicted octanol–water partition coefficient (Wildman–Crippen LogP) is 3.07. The van der Waals surface area contributed by atoms with Crippen LogP contribution in [0.3, 0.4) is 0 Å². The Kier molecular flexibility index (Phi) is 6.72. The SMILES string of the molecule is O=C(CN1CCN(C(=O)c2ccc(Cl)cc2)CC1)NCc1ccc(Cl)cc1. The number of benzene rings is 2. The monoisotopic (exact) mass is 405 g/mol. The summed E-state index contributed by atoms with van der Waals surface area (Å²) in [6, 6.07) is 14.3. The van der Waals surface area contributed by atoms with Gasteiger partial charge in [-0.2, -0.15) is 0 Å². The highest BCUT2D eigenvalue weighted by Gasteiger charge is 2.23. The van der Waals surface area contributed by atoms with Crippen LogP contribution in [0.4, 0.5) is 0 Å². The van der Waals surface area contributed by atoms with Gasteiger partial charge >= 0.3 is 0 Å². The van der Waals surface area contributed by atoms with Crippen LogP contribution in [0.1, 0.15) is 15.9 Å². The molecule has 0 unspecified atom stereocenters.